The third kappa shape index (κ3) is 2.80. The maximum absolute atomic E-state index is 13.3. The molecule has 1 heterocycles. The third-order valence-corrected chi connectivity index (χ3v) is 7.95. The van der Waals surface area contributed by atoms with Crippen molar-refractivity contribution in [2.45, 2.75) is 6.42 Å². The molecule has 156 valence electrons. The van der Waals surface area contributed by atoms with Crippen LogP contribution in [0.15, 0.2) is 54.6 Å². The van der Waals surface area contributed by atoms with Crippen LogP contribution in [-0.2, 0) is 9.59 Å². The van der Waals surface area contributed by atoms with Crippen LogP contribution in [0.4, 0.5) is 11.4 Å². The molecule has 2 aromatic carbocycles. The van der Waals surface area contributed by atoms with Crippen LogP contribution in [0.1, 0.15) is 16.8 Å². The lowest BCUT2D eigenvalue weighted by Gasteiger charge is -2.37. The van der Waals surface area contributed by atoms with Crippen molar-refractivity contribution in [3.05, 3.63) is 70.2 Å². The summed E-state index contributed by atoms with van der Waals surface area (Å²) in [6.45, 7) is 0. The monoisotopic (exact) mass is 452 g/mol. The Morgan fingerprint density at radius 3 is 2.23 bits per heavy atom. The van der Waals surface area contributed by atoms with Crippen LogP contribution in [0.25, 0.3) is 0 Å². The van der Waals surface area contributed by atoms with Crippen molar-refractivity contribution in [2.75, 3.05) is 10.2 Å². The molecule has 31 heavy (non-hydrogen) atoms. The predicted octanol–water partition coefficient (Wildman–Crippen LogP) is 4.80. The van der Waals surface area contributed by atoms with E-state index in [9.17, 15) is 14.4 Å². The van der Waals surface area contributed by atoms with Gasteiger partial charge in [-0.1, -0.05) is 41.4 Å². The highest BCUT2D eigenvalue weighted by Crippen LogP contribution is 2.65. The van der Waals surface area contributed by atoms with E-state index in [-0.39, 0.29) is 41.4 Å². The van der Waals surface area contributed by atoms with Gasteiger partial charge in [-0.25, -0.2) is 4.90 Å². The number of benzene rings is 2. The van der Waals surface area contributed by atoms with Crippen molar-refractivity contribution < 1.29 is 14.4 Å². The second-order valence-corrected chi connectivity index (χ2v) is 9.61. The van der Waals surface area contributed by atoms with Crippen LogP contribution in [0, 0.1) is 35.5 Å². The molecule has 2 saturated carbocycles. The van der Waals surface area contributed by atoms with Gasteiger partial charge in [-0.05, 0) is 66.5 Å². The molecule has 1 aliphatic heterocycles. The fourth-order valence-corrected chi connectivity index (χ4v) is 6.07. The Morgan fingerprint density at radius 1 is 0.903 bits per heavy atom. The van der Waals surface area contributed by atoms with Gasteiger partial charge in [0.05, 0.1) is 27.6 Å². The lowest BCUT2D eigenvalue weighted by molar-refractivity contribution is -0.124. The minimum Gasteiger partial charge on any atom is -0.322 e. The molecule has 1 saturated heterocycles. The first-order chi connectivity index (χ1) is 14.9. The van der Waals surface area contributed by atoms with Crippen molar-refractivity contribution in [3.8, 4) is 0 Å². The predicted molar refractivity (Wildman–Crippen MR) is 118 cm³/mol. The second kappa shape index (κ2) is 6.68. The highest BCUT2D eigenvalue weighted by Gasteiger charge is 2.67. The molecule has 7 rings (SSSR count). The summed E-state index contributed by atoms with van der Waals surface area (Å²) < 4.78 is 0. The van der Waals surface area contributed by atoms with Crippen molar-refractivity contribution in [3.63, 3.8) is 0 Å². The van der Waals surface area contributed by atoms with Gasteiger partial charge in [0.15, 0.2) is 0 Å². The Bertz CT molecular complexity index is 1160. The van der Waals surface area contributed by atoms with E-state index in [4.69, 9.17) is 23.2 Å². The van der Waals surface area contributed by atoms with Gasteiger partial charge in [0.2, 0.25) is 11.8 Å². The summed E-state index contributed by atoms with van der Waals surface area (Å²) in [5, 5.41) is 3.51. The average molecular weight is 453 g/mol. The molecular weight excluding hydrogens is 435 g/mol. The summed E-state index contributed by atoms with van der Waals surface area (Å²) in [6.07, 6.45) is 5.42. The zero-order valence-corrected chi connectivity index (χ0v) is 17.8. The van der Waals surface area contributed by atoms with E-state index in [1.54, 1.807) is 42.5 Å². The summed E-state index contributed by atoms with van der Waals surface area (Å²) in [5.74, 6) is 0.279. The van der Waals surface area contributed by atoms with Crippen LogP contribution in [0.2, 0.25) is 10.0 Å². The number of nitrogens with one attached hydrogen (secondary N) is 1. The smallest absolute Gasteiger partial charge is 0.255 e. The summed E-state index contributed by atoms with van der Waals surface area (Å²) in [7, 11) is 0. The number of anilines is 2. The summed E-state index contributed by atoms with van der Waals surface area (Å²) in [4.78, 5) is 40.6. The zero-order valence-electron chi connectivity index (χ0n) is 16.3. The largest absolute Gasteiger partial charge is 0.322 e. The molecule has 0 spiro atoms. The molecule has 1 N–H and O–H groups in total. The second-order valence-electron chi connectivity index (χ2n) is 8.80. The summed E-state index contributed by atoms with van der Waals surface area (Å²) in [5.41, 5.74) is 1.30. The molecule has 5 nitrogen and oxygen atoms in total. The Morgan fingerprint density at radius 2 is 1.58 bits per heavy atom. The maximum atomic E-state index is 13.3. The number of allylic oxidation sites excluding steroid dienone is 2. The van der Waals surface area contributed by atoms with Gasteiger partial charge in [-0.15, -0.1) is 0 Å². The van der Waals surface area contributed by atoms with E-state index in [1.165, 1.54) is 4.90 Å². The number of amides is 3. The lowest BCUT2D eigenvalue weighted by atomic mass is 9.63. The fourth-order valence-electron chi connectivity index (χ4n) is 5.77. The number of halogens is 2. The first-order valence-electron chi connectivity index (χ1n) is 10.4. The minimum atomic E-state index is -0.361. The van der Waals surface area contributed by atoms with Crippen LogP contribution < -0.4 is 10.2 Å². The first kappa shape index (κ1) is 19.1. The molecule has 3 fully saturated rings. The van der Waals surface area contributed by atoms with Gasteiger partial charge in [0.1, 0.15) is 0 Å². The van der Waals surface area contributed by atoms with Gasteiger partial charge >= 0.3 is 0 Å². The number of carbonyl (C=O) groups is 3. The Kier molecular flexibility index (Phi) is 4.11. The third-order valence-electron chi connectivity index (χ3n) is 7.21. The van der Waals surface area contributed by atoms with E-state index in [2.05, 4.69) is 17.5 Å². The SMILES string of the molecule is O=C(Nc1ccc(Cl)c(Cl)c1)c1cccc(N2C(=O)[C@H]3[C@@H]4C=C[C@@H]([C@H]5C[C@H]45)[C@@H]3C2=O)c1. The van der Waals surface area contributed by atoms with E-state index in [0.29, 0.717) is 38.8 Å². The molecule has 4 aliphatic carbocycles. The molecular formula is C24H18Cl2N2O3. The molecule has 0 aromatic heterocycles. The standard InChI is InChI=1S/C24H18Cl2N2O3/c25-18-7-4-12(9-19(18)26)27-22(29)11-2-1-3-13(8-11)28-23(30)20-14-5-6-15(17-10-16(14)17)21(20)24(28)31/h1-9,14-17,20-21H,10H2,(H,27,29)/t14-,15+,16-,17-,20+,21+/m1/s1. The highest BCUT2D eigenvalue weighted by atomic mass is 35.5. The number of hydrogen-bond donors (Lipinski definition) is 1. The maximum Gasteiger partial charge on any atom is 0.255 e. The van der Waals surface area contributed by atoms with Crippen molar-refractivity contribution in [1.29, 1.82) is 0 Å². The molecule has 6 atom stereocenters. The number of hydrogen-bond acceptors (Lipinski definition) is 3. The van der Waals surface area contributed by atoms with Gasteiger partial charge in [-0.3, -0.25) is 14.4 Å². The van der Waals surface area contributed by atoms with Gasteiger partial charge in [0.25, 0.3) is 5.91 Å². The van der Waals surface area contributed by atoms with E-state index in [1.807, 2.05) is 0 Å². The zero-order chi connectivity index (χ0) is 21.4. The molecule has 2 bridgehead atoms. The molecule has 3 amide bonds. The number of carbonyl (C=O) groups excluding carboxylic acids is 3. The van der Waals surface area contributed by atoms with Gasteiger partial charge in [0, 0.05) is 11.3 Å². The summed E-state index contributed by atoms with van der Waals surface area (Å²) in [6, 6.07) is 11.5. The average Bonchev–Trinajstić information content (AvgIpc) is 3.54. The van der Waals surface area contributed by atoms with Crippen molar-refractivity contribution in [1.82, 2.24) is 0 Å². The lowest BCUT2D eigenvalue weighted by Crippen LogP contribution is -2.40. The van der Waals surface area contributed by atoms with Gasteiger partial charge < -0.3 is 5.32 Å². The Balaban J connectivity index is 1.28. The van der Waals surface area contributed by atoms with E-state index in [0.717, 1.165) is 6.42 Å². The van der Waals surface area contributed by atoms with Crippen LogP contribution in [-0.4, -0.2) is 17.7 Å². The normalized spacial score (nSPS) is 32.1. The highest BCUT2D eigenvalue weighted by molar-refractivity contribution is 6.42. The summed E-state index contributed by atoms with van der Waals surface area (Å²) >= 11 is 11.9. The fraction of sp³-hybridized carbons (Fsp3) is 0.292. The molecule has 7 heteroatoms. The van der Waals surface area contributed by atoms with Crippen LogP contribution in [0.3, 0.4) is 0 Å². The molecule has 0 radical (unpaired) electrons. The van der Waals surface area contributed by atoms with Gasteiger partial charge in [-0.2, -0.15) is 0 Å². The van der Waals surface area contributed by atoms with E-state index < -0.39 is 0 Å². The van der Waals surface area contributed by atoms with Crippen molar-refractivity contribution in [2.24, 2.45) is 35.5 Å². The first-order valence-corrected chi connectivity index (χ1v) is 11.1. The number of nitrogens with zero attached hydrogens (tertiary/aromatic N) is 1. The molecule has 0 unspecified atom stereocenters. The number of imide groups is 1. The number of rotatable bonds is 3. The topological polar surface area (TPSA) is 66.5 Å². The minimum absolute atomic E-state index is 0.137. The van der Waals surface area contributed by atoms with E-state index >= 15 is 0 Å². The molecule has 2 aromatic rings. The quantitative estimate of drug-likeness (QED) is 0.536. The Hall–Kier alpha value is -2.63. The van der Waals surface area contributed by atoms with Crippen LogP contribution in [0.5, 0.6) is 0 Å². The van der Waals surface area contributed by atoms with Crippen molar-refractivity contribution >= 4 is 52.3 Å². The Labute approximate surface area is 189 Å². The van der Waals surface area contributed by atoms with Crippen LogP contribution >= 0.6 is 23.2 Å². The molecule has 5 aliphatic rings.